The van der Waals surface area contributed by atoms with Crippen LogP contribution in [-0.4, -0.2) is 15.0 Å². The fourth-order valence-corrected chi connectivity index (χ4v) is 2.72. The normalized spacial score (nSPS) is 10.7. The minimum Gasteiger partial charge on any atom is -0.437 e. The molecule has 2 heterocycles. The summed E-state index contributed by atoms with van der Waals surface area (Å²) in [6.45, 7) is 4.57. The van der Waals surface area contributed by atoms with E-state index in [2.05, 4.69) is 20.3 Å². The van der Waals surface area contributed by atoms with Gasteiger partial charge in [-0.05, 0) is 37.6 Å². The number of pyridine rings is 1. The largest absolute Gasteiger partial charge is 0.437 e. The molecule has 0 spiro atoms. The summed E-state index contributed by atoms with van der Waals surface area (Å²) >= 11 is 17.8. The van der Waals surface area contributed by atoms with Gasteiger partial charge in [-0.25, -0.2) is 9.97 Å². The maximum atomic E-state index is 6.08. The fourth-order valence-electron chi connectivity index (χ4n) is 2.19. The maximum Gasteiger partial charge on any atom is 0.239 e. The van der Waals surface area contributed by atoms with Crippen LogP contribution >= 0.6 is 34.8 Å². The molecule has 0 atom stereocenters. The van der Waals surface area contributed by atoms with Crippen LogP contribution in [0.15, 0.2) is 36.7 Å². The number of rotatable bonds is 5. The lowest BCUT2D eigenvalue weighted by Gasteiger charge is -2.11. The van der Waals surface area contributed by atoms with Crippen molar-refractivity contribution in [3.05, 3.63) is 68.7 Å². The van der Waals surface area contributed by atoms with Crippen LogP contribution in [0.4, 0.5) is 5.82 Å². The lowest BCUT2D eigenvalue weighted by molar-refractivity contribution is 0.463. The van der Waals surface area contributed by atoms with Gasteiger partial charge in [0.05, 0.1) is 5.02 Å². The van der Waals surface area contributed by atoms with Gasteiger partial charge in [0.1, 0.15) is 22.9 Å². The molecule has 0 amide bonds. The molecule has 0 saturated heterocycles. The summed E-state index contributed by atoms with van der Waals surface area (Å²) in [5.74, 6) is 1.62. The number of nitrogens with one attached hydrogen (secondary N) is 1. The minimum absolute atomic E-state index is 0.141. The molecule has 5 nitrogen and oxygen atoms in total. The number of halogens is 3. The van der Waals surface area contributed by atoms with Crippen LogP contribution in [-0.2, 0) is 6.54 Å². The zero-order valence-corrected chi connectivity index (χ0v) is 16.3. The monoisotopic (exact) mass is 408 g/mol. The van der Waals surface area contributed by atoms with E-state index in [0.29, 0.717) is 17.3 Å². The summed E-state index contributed by atoms with van der Waals surface area (Å²) in [5, 5.41) is 4.02. The highest BCUT2D eigenvalue weighted by molar-refractivity contribution is 6.42. The zero-order chi connectivity index (χ0) is 18.7. The van der Waals surface area contributed by atoms with Crippen molar-refractivity contribution < 1.29 is 4.74 Å². The number of ether oxygens (including phenoxy) is 1. The Morgan fingerprint density at radius 2 is 1.73 bits per heavy atom. The van der Waals surface area contributed by atoms with E-state index in [0.717, 1.165) is 22.6 Å². The molecule has 0 unspecified atom stereocenters. The Kier molecular flexibility index (Phi) is 5.81. The van der Waals surface area contributed by atoms with Crippen molar-refractivity contribution in [1.82, 2.24) is 15.0 Å². The number of hydrogen-bond acceptors (Lipinski definition) is 5. The van der Waals surface area contributed by atoms with Gasteiger partial charge >= 0.3 is 0 Å². The second-order valence-corrected chi connectivity index (χ2v) is 6.75. The first-order valence-electron chi connectivity index (χ1n) is 7.74. The first-order valence-corrected chi connectivity index (χ1v) is 8.88. The van der Waals surface area contributed by atoms with Gasteiger partial charge in [-0.2, -0.15) is 4.98 Å². The third-order valence-corrected chi connectivity index (χ3v) is 4.73. The van der Waals surface area contributed by atoms with Gasteiger partial charge in [0.15, 0.2) is 5.15 Å². The van der Waals surface area contributed by atoms with Crippen molar-refractivity contribution in [3.8, 4) is 11.6 Å². The maximum absolute atomic E-state index is 6.08. The summed E-state index contributed by atoms with van der Waals surface area (Å²) in [7, 11) is 0. The number of nitrogens with zero attached hydrogens (tertiary/aromatic N) is 3. The molecule has 8 heteroatoms. The molecule has 0 aliphatic heterocycles. The number of aryl methyl sites for hydroxylation is 1. The summed E-state index contributed by atoms with van der Waals surface area (Å²) in [6.07, 6.45) is 1.55. The molecule has 0 saturated carbocycles. The van der Waals surface area contributed by atoms with Gasteiger partial charge < -0.3 is 10.1 Å². The Balaban J connectivity index is 1.67. The van der Waals surface area contributed by atoms with E-state index >= 15 is 0 Å². The van der Waals surface area contributed by atoms with Crippen molar-refractivity contribution in [2.75, 3.05) is 5.32 Å². The van der Waals surface area contributed by atoms with Crippen molar-refractivity contribution in [2.24, 2.45) is 0 Å². The first kappa shape index (κ1) is 18.7. The molecule has 0 fully saturated rings. The van der Waals surface area contributed by atoms with Gasteiger partial charge in [0, 0.05) is 17.8 Å². The summed E-state index contributed by atoms with van der Waals surface area (Å²) in [4.78, 5) is 12.5. The van der Waals surface area contributed by atoms with Crippen LogP contribution in [0.2, 0.25) is 15.2 Å². The minimum atomic E-state index is 0.141. The summed E-state index contributed by atoms with van der Waals surface area (Å²) in [5.41, 5.74) is 3.06. The van der Waals surface area contributed by atoms with Crippen LogP contribution in [0.25, 0.3) is 0 Å². The predicted molar refractivity (Wildman–Crippen MR) is 105 cm³/mol. The Bertz CT molecular complexity index is 932. The fraction of sp³-hybridized carbons (Fsp3) is 0.167. The number of aromatic nitrogens is 3. The number of anilines is 1. The van der Waals surface area contributed by atoms with Gasteiger partial charge in [-0.15, -0.1) is 0 Å². The van der Waals surface area contributed by atoms with Crippen LogP contribution in [0.3, 0.4) is 0 Å². The van der Waals surface area contributed by atoms with E-state index in [1.165, 1.54) is 6.07 Å². The quantitative estimate of drug-likeness (QED) is 0.535. The Morgan fingerprint density at radius 3 is 2.46 bits per heavy atom. The molecule has 0 radical (unpaired) electrons. The first-order chi connectivity index (χ1) is 12.4. The third-order valence-electron chi connectivity index (χ3n) is 3.79. The highest BCUT2D eigenvalue weighted by Gasteiger charge is 2.10. The molecule has 1 N–H and O–H groups in total. The standard InChI is InChI=1S/C18H15Cl3N4O/c1-10-11(2)23-9-24-17(10)22-8-12-3-5-13(6-4-12)26-18-15(20)7-14(19)16(21)25-18/h3-7,9H,8H2,1-2H3,(H,22,23,24). The van der Waals surface area contributed by atoms with Crippen molar-refractivity contribution in [1.29, 1.82) is 0 Å². The second-order valence-electron chi connectivity index (χ2n) is 5.58. The smallest absolute Gasteiger partial charge is 0.239 e. The SMILES string of the molecule is Cc1ncnc(NCc2ccc(Oc3nc(Cl)c(Cl)cc3Cl)cc2)c1C. The van der Waals surface area contributed by atoms with E-state index in [-0.39, 0.29) is 16.1 Å². The zero-order valence-electron chi connectivity index (χ0n) is 14.1. The van der Waals surface area contributed by atoms with Crippen molar-refractivity contribution in [3.63, 3.8) is 0 Å². The molecule has 0 bridgehead atoms. The Morgan fingerprint density at radius 1 is 1.00 bits per heavy atom. The average Bonchev–Trinajstić information content (AvgIpc) is 2.62. The molecule has 3 rings (SSSR count). The van der Waals surface area contributed by atoms with Crippen LogP contribution in [0.1, 0.15) is 16.8 Å². The highest BCUT2D eigenvalue weighted by Crippen LogP contribution is 2.33. The number of hydrogen-bond donors (Lipinski definition) is 1. The molecule has 2 aromatic heterocycles. The van der Waals surface area contributed by atoms with Crippen molar-refractivity contribution >= 4 is 40.6 Å². The molecule has 134 valence electrons. The van der Waals surface area contributed by atoms with E-state index in [4.69, 9.17) is 39.5 Å². The van der Waals surface area contributed by atoms with E-state index < -0.39 is 0 Å². The van der Waals surface area contributed by atoms with Gasteiger partial charge in [0.25, 0.3) is 0 Å². The average molecular weight is 410 g/mol. The lowest BCUT2D eigenvalue weighted by atomic mass is 10.2. The molecule has 0 aliphatic rings. The second kappa shape index (κ2) is 8.08. The van der Waals surface area contributed by atoms with Gasteiger partial charge in [-0.1, -0.05) is 46.9 Å². The molecular weight excluding hydrogens is 395 g/mol. The lowest BCUT2D eigenvalue weighted by Crippen LogP contribution is -2.05. The van der Waals surface area contributed by atoms with Crippen molar-refractivity contribution in [2.45, 2.75) is 20.4 Å². The van der Waals surface area contributed by atoms with Gasteiger partial charge in [0.2, 0.25) is 5.88 Å². The van der Waals surface area contributed by atoms with E-state index in [9.17, 15) is 0 Å². The Labute approximate surface area is 166 Å². The molecule has 26 heavy (non-hydrogen) atoms. The number of benzene rings is 1. The molecule has 3 aromatic rings. The Hall–Kier alpha value is -2.08. The topological polar surface area (TPSA) is 59.9 Å². The van der Waals surface area contributed by atoms with Crippen LogP contribution in [0, 0.1) is 13.8 Å². The summed E-state index contributed by atoms with van der Waals surface area (Å²) < 4.78 is 5.67. The predicted octanol–water partition coefficient (Wildman–Crippen LogP) is 5.85. The molecule has 0 aliphatic carbocycles. The van der Waals surface area contributed by atoms with E-state index in [1.807, 2.05) is 38.1 Å². The van der Waals surface area contributed by atoms with Crippen LogP contribution in [0.5, 0.6) is 11.6 Å². The highest BCUT2D eigenvalue weighted by atomic mass is 35.5. The third kappa shape index (κ3) is 4.36. The molecular formula is C18H15Cl3N4O. The van der Waals surface area contributed by atoms with Crippen LogP contribution < -0.4 is 10.1 Å². The van der Waals surface area contributed by atoms with E-state index in [1.54, 1.807) is 6.33 Å². The molecule has 1 aromatic carbocycles. The van der Waals surface area contributed by atoms with Gasteiger partial charge in [-0.3, -0.25) is 0 Å². The summed E-state index contributed by atoms with van der Waals surface area (Å²) in [6, 6.07) is 9.04.